The molecule has 0 aliphatic heterocycles. The number of hydrogen-bond acceptors (Lipinski definition) is 1. The lowest BCUT2D eigenvalue weighted by Gasteiger charge is -2.42. The Morgan fingerprint density at radius 2 is 1.44 bits per heavy atom. The van der Waals surface area contributed by atoms with Gasteiger partial charge in [-0.1, -0.05) is 116 Å². The lowest BCUT2D eigenvalue weighted by atomic mass is 10.2. The highest BCUT2D eigenvalue weighted by Gasteiger charge is 2.49. The van der Waals surface area contributed by atoms with Crippen molar-refractivity contribution < 1.29 is 4.43 Å². The minimum Gasteiger partial charge on any atom is -0.404 e. The third-order valence-corrected chi connectivity index (χ3v) is 10.4. The fourth-order valence-corrected chi connectivity index (χ4v) is 8.45. The summed E-state index contributed by atoms with van der Waals surface area (Å²) in [5.74, 6) is 0. The Balaban J connectivity index is 2.55. The van der Waals surface area contributed by atoms with Gasteiger partial charge in [0.25, 0.3) is 8.32 Å². The van der Waals surface area contributed by atoms with E-state index < -0.39 is 8.32 Å². The zero-order valence-electron chi connectivity index (χ0n) is 15.8. The van der Waals surface area contributed by atoms with Gasteiger partial charge in [0.15, 0.2) is 0 Å². The molecule has 0 bridgehead atoms. The average molecular weight is 417 g/mol. The van der Waals surface area contributed by atoms with Crippen molar-refractivity contribution in [2.45, 2.75) is 39.2 Å². The van der Waals surface area contributed by atoms with E-state index in [-0.39, 0.29) is 5.04 Å². The SMILES string of the molecule is CC/C(=C\CO[Si](c1ccccc1)(c1ccccc1)C(C)(C)C)CBr. The summed E-state index contributed by atoms with van der Waals surface area (Å²) in [6.45, 7) is 9.79. The van der Waals surface area contributed by atoms with Crippen LogP contribution in [0.4, 0.5) is 0 Å². The van der Waals surface area contributed by atoms with Crippen LogP contribution in [-0.2, 0) is 4.43 Å². The predicted octanol–water partition coefficient (Wildman–Crippen LogP) is 5.29. The quantitative estimate of drug-likeness (QED) is 0.338. The summed E-state index contributed by atoms with van der Waals surface area (Å²) in [6.07, 6.45) is 3.30. The first kappa shape index (κ1) is 20.2. The minimum atomic E-state index is -2.40. The zero-order chi connectivity index (χ0) is 18.3. The number of halogens is 1. The number of alkyl halides is 1. The molecule has 0 saturated heterocycles. The molecule has 134 valence electrons. The number of rotatable bonds is 7. The topological polar surface area (TPSA) is 9.23 Å². The van der Waals surface area contributed by atoms with Gasteiger partial charge in [-0.15, -0.1) is 0 Å². The van der Waals surface area contributed by atoms with Crippen LogP contribution < -0.4 is 10.4 Å². The zero-order valence-corrected chi connectivity index (χ0v) is 18.3. The predicted molar refractivity (Wildman–Crippen MR) is 116 cm³/mol. The fraction of sp³-hybridized carbons (Fsp3) is 0.364. The van der Waals surface area contributed by atoms with Gasteiger partial charge in [0.05, 0.1) is 6.61 Å². The molecule has 2 aromatic carbocycles. The Bertz CT molecular complexity index is 629. The van der Waals surface area contributed by atoms with E-state index in [0.717, 1.165) is 11.8 Å². The van der Waals surface area contributed by atoms with Crippen LogP contribution in [-0.4, -0.2) is 20.3 Å². The summed E-state index contributed by atoms with van der Waals surface area (Å²) in [4.78, 5) is 0. The number of hydrogen-bond donors (Lipinski definition) is 0. The van der Waals surface area contributed by atoms with Gasteiger partial charge in [-0.3, -0.25) is 0 Å². The van der Waals surface area contributed by atoms with Crippen LogP contribution in [0.5, 0.6) is 0 Å². The molecular weight excluding hydrogens is 388 g/mol. The van der Waals surface area contributed by atoms with Crippen molar-refractivity contribution in [3.8, 4) is 0 Å². The first-order valence-corrected chi connectivity index (χ1v) is 12.0. The second kappa shape index (κ2) is 8.97. The molecule has 0 spiro atoms. The van der Waals surface area contributed by atoms with Crippen LogP contribution in [0.3, 0.4) is 0 Å². The molecule has 0 radical (unpaired) electrons. The van der Waals surface area contributed by atoms with Crippen LogP contribution in [0.1, 0.15) is 34.1 Å². The molecule has 0 heterocycles. The van der Waals surface area contributed by atoms with Crippen molar-refractivity contribution in [3.63, 3.8) is 0 Å². The molecule has 0 saturated carbocycles. The Morgan fingerprint density at radius 3 is 1.80 bits per heavy atom. The van der Waals surface area contributed by atoms with Crippen LogP contribution in [0.25, 0.3) is 0 Å². The molecule has 2 rings (SSSR count). The normalized spacial score (nSPS) is 13.1. The van der Waals surface area contributed by atoms with Crippen molar-refractivity contribution in [3.05, 3.63) is 72.3 Å². The maximum Gasteiger partial charge on any atom is 0.261 e. The van der Waals surface area contributed by atoms with E-state index in [0.29, 0.717) is 6.61 Å². The van der Waals surface area contributed by atoms with E-state index in [2.05, 4.69) is 110 Å². The van der Waals surface area contributed by atoms with Crippen LogP contribution >= 0.6 is 15.9 Å². The van der Waals surface area contributed by atoms with Gasteiger partial charge in [-0.25, -0.2) is 0 Å². The molecule has 2 aromatic rings. The van der Waals surface area contributed by atoms with Gasteiger partial charge < -0.3 is 4.43 Å². The monoisotopic (exact) mass is 416 g/mol. The molecule has 0 atom stereocenters. The summed E-state index contributed by atoms with van der Waals surface area (Å²) in [5, 5.41) is 3.61. The molecule has 0 N–H and O–H groups in total. The largest absolute Gasteiger partial charge is 0.404 e. The molecule has 0 aliphatic rings. The third-order valence-electron chi connectivity index (χ3n) is 4.71. The van der Waals surface area contributed by atoms with Crippen molar-refractivity contribution in [1.29, 1.82) is 0 Å². The standard InChI is InChI=1S/C22H29BrOSi/c1-5-19(18-23)16-17-24-25(22(2,3)4,20-12-8-6-9-13-20)21-14-10-7-11-15-21/h6-16H,5,17-18H2,1-4H3/b19-16+. The van der Waals surface area contributed by atoms with Gasteiger partial charge in [-0.05, 0) is 21.8 Å². The van der Waals surface area contributed by atoms with Crippen molar-refractivity contribution in [2.75, 3.05) is 11.9 Å². The summed E-state index contributed by atoms with van der Waals surface area (Å²) >= 11 is 3.57. The minimum absolute atomic E-state index is 0.0321. The van der Waals surface area contributed by atoms with E-state index in [9.17, 15) is 0 Å². The maximum atomic E-state index is 6.84. The lowest BCUT2D eigenvalue weighted by molar-refractivity contribution is 0.338. The van der Waals surface area contributed by atoms with E-state index in [1.807, 2.05) is 0 Å². The van der Waals surface area contributed by atoms with E-state index in [1.165, 1.54) is 15.9 Å². The molecule has 25 heavy (non-hydrogen) atoms. The summed E-state index contributed by atoms with van der Waals surface area (Å²) in [6, 6.07) is 21.6. The van der Waals surface area contributed by atoms with Gasteiger partial charge >= 0.3 is 0 Å². The van der Waals surface area contributed by atoms with Crippen LogP contribution in [0.2, 0.25) is 5.04 Å². The maximum absolute atomic E-state index is 6.84. The molecular formula is C22H29BrOSi. The summed E-state index contributed by atoms with van der Waals surface area (Å²) < 4.78 is 6.84. The third kappa shape index (κ3) is 4.52. The van der Waals surface area contributed by atoms with Crippen LogP contribution in [0.15, 0.2) is 72.3 Å². The Labute approximate surface area is 162 Å². The molecule has 0 amide bonds. The molecule has 3 heteroatoms. The Hall–Kier alpha value is -1.16. The fourth-order valence-electron chi connectivity index (χ4n) is 3.34. The summed E-state index contributed by atoms with van der Waals surface area (Å²) in [5.41, 5.74) is 1.39. The van der Waals surface area contributed by atoms with Gasteiger partial charge in [0.2, 0.25) is 0 Å². The second-order valence-corrected chi connectivity index (χ2v) is 12.2. The van der Waals surface area contributed by atoms with Crippen LogP contribution in [0, 0.1) is 0 Å². The Kier molecular flexibility index (Phi) is 7.23. The number of benzene rings is 2. The highest BCUT2D eigenvalue weighted by atomic mass is 79.9. The molecule has 0 aliphatic carbocycles. The molecule has 1 nitrogen and oxygen atoms in total. The van der Waals surface area contributed by atoms with Crippen molar-refractivity contribution >= 4 is 34.6 Å². The van der Waals surface area contributed by atoms with Crippen molar-refractivity contribution in [2.24, 2.45) is 0 Å². The van der Waals surface area contributed by atoms with E-state index >= 15 is 0 Å². The second-order valence-electron chi connectivity index (χ2n) is 7.32. The highest BCUT2D eigenvalue weighted by molar-refractivity contribution is 9.09. The average Bonchev–Trinajstić information content (AvgIpc) is 2.62. The molecule has 0 fully saturated rings. The smallest absolute Gasteiger partial charge is 0.261 e. The first-order chi connectivity index (χ1) is 12.0. The highest BCUT2D eigenvalue weighted by Crippen LogP contribution is 2.36. The van der Waals surface area contributed by atoms with E-state index in [4.69, 9.17) is 4.43 Å². The lowest BCUT2D eigenvalue weighted by Crippen LogP contribution is -2.66. The first-order valence-electron chi connectivity index (χ1n) is 8.94. The van der Waals surface area contributed by atoms with Gasteiger partial charge in [0, 0.05) is 5.33 Å². The van der Waals surface area contributed by atoms with E-state index in [1.54, 1.807) is 0 Å². The molecule has 0 unspecified atom stereocenters. The number of allylic oxidation sites excluding steroid dienone is 1. The summed E-state index contributed by atoms with van der Waals surface area (Å²) in [7, 11) is -2.40. The van der Waals surface area contributed by atoms with Gasteiger partial charge in [0.1, 0.15) is 0 Å². The molecule has 0 aromatic heterocycles. The van der Waals surface area contributed by atoms with Crippen molar-refractivity contribution in [1.82, 2.24) is 0 Å². The Morgan fingerprint density at radius 1 is 0.960 bits per heavy atom. The van der Waals surface area contributed by atoms with Gasteiger partial charge in [-0.2, -0.15) is 0 Å².